The summed E-state index contributed by atoms with van der Waals surface area (Å²) in [6.07, 6.45) is 3.28. The fourth-order valence-electron chi connectivity index (χ4n) is 2.50. The second-order valence-electron chi connectivity index (χ2n) is 5.49. The molecule has 0 saturated heterocycles. The first-order chi connectivity index (χ1) is 12.1. The van der Waals surface area contributed by atoms with Gasteiger partial charge >= 0.3 is 0 Å². The molecule has 8 heteroatoms. The number of ether oxygens (including phenoxy) is 3. The largest absolute Gasteiger partial charge is 0.486 e. The molecule has 0 fully saturated rings. The minimum Gasteiger partial charge on any atom is -0.486 e. The predicted molar refractivity (Wildman–Crippen MR) is 91.1 cm³/mol. The molecule has 0 saturated carbocycles. The lowest BCUT2D eigenvalue weighted by atomic mass is 10.3. The van der Waals surface area contributed by atoms with E-state index in [9.17, 15) is 8.42 Å². The Kier molecular flexibility index (Phi) is 5.52. The zero-order valence-corrected chi connectivity index (χ0v) is 14.7. The van der Waals surface area contributed by atoms with Crippen molar-refractivity contribution in [3.8, 4) is 11.5 Å². The second kappa shape index (κ2) is 7.81. The van der Waals surface area contributed by atoms with Crippen molar-refractivity contribution in [3.63, 3.8) is 0 Å². The molecule has 7 nitrogen and oxygen atoms in total. The summed E-state index contributed by atoms with van der Waals surface area (Å²) in [7, 11) is -2.16. The first-order valence-corrected chi connectivity index (χ1v) is 9.33. The van der Waals surface area contributed by atoms with E-state index in [0.29, 0.717) is 31.3 Å². The maximum atomic E-state index is 13.1. The van der Waals surface area contributed by atoms with Crippen LogP contribution in [0.5, 0.6) is 11.5 Å². The highest BCUT2D eigenvalue weighted by Crippen LogP contribution is 2.33. The maximum Gasteiger partial charge on any atom is 0.243 e. The zero-order valence-electron chi connectivity index (χ0n) is 13.9. The van der Waals surface area contributed by atoms with Crippen LogP contribution in [0.15, 0.2) is 47.6 Å². The van der Waals surface area contributed by atoms with Crippen molar-refractivity contribution in [3.05, 3.63) is 48.3 Å². The molecule has 2 aromatic rings. The quantitative estimate of drug-likeness (QED) is 0.744. The average molecular weight is 364 g/mol. The highest BCUT2D eigenvalue weighted by Gasteiger charge is 2.26. The first-order valence-electron chi connectivity index (χ1n) is 7.89. The Morgan fingerprint density at radius 2 is 1.84 bits per heavy atom. The summed E-state index contributed by atoms with van der Waals surface area (Å²) < 4.78 is 43.6. The molecular weight excluding hydrogens is 344 g/mol. The van der Waals surface area contributed by atoms with Crippen LogP contribution in [0.4, 0.5) is 0 Å². The normalized spacial score (nSPS) is 13.8. The summed E-state index contributed by atoms with van der Waals surface area (Å²) in [5.41, 5.74) is 0.854. The molecule has 0 radical (unpaired) electrons. The Balaban J connectivity index is 1.90. The van der Waals surface area contributed by atoms with Crippen LogP contribution >= 0.6 is 0 Å². The topological polar surface area (TPSA) is 78.0 Å². The van der Waals surface area contributed by atoms with E-state index in [-0.39, 0.29) is 18.0 Å². The van der Waals surface area contributed by atoms with Crippen molar-refractivity contribution in [2.75, 3.05) is 33.5 Å². The third-order valence-electron chi connectivity index (χ3n) is 3.80. The first kappa shape index (κ1) is 17.7. The fraction of sp³-hybridized carbons (Fsp3) is 0.353. The van der Waals surface area contributed by atoms with Crippen molar-refractivity contribution < 1.29 is 22.6 Å². The van der Waals surface area contributed by atoms with Gasteiger partial charge in [-0.3, -0.25) is 4.98 Å². The lowest BCUT2D eigenvalue weighted by molar-refractivity contribution is 0.170. The van der Waals surface area contributed by atoms with Gasteiger partial charge in [-0.1, -0.05) is 0 Å². The van der Waals surface area contributed by atoms with Gasteiger partial charge in [0.25, 0.3) is 0 Å². The Bertz CT molecular complexity index is 811. The number of nitrogens with zero attached hydrogens (tertiary/aromatic N) is 2. The van der Waals surface area contributed by atoms with Gasteiger partial charge in [0.15, 0.2) is 11.5 Å². The molecule has 3 rings (SSSR count). The molecule has 0 amide bonds. The molecule has 1 aromatic carbocycles. The number of hydrogen-bond acceptors (Lipinski definition) is 6. The summed E-state index contributed by atoms with van der Waals surface area (Å²) in [5, 5.41) is 0. The number of aromatic nitrogens is 1. The molecule has 0 atom stereocenters. The number of benzene rings is 1. The summed E-state index contributed by atoms with van der Waals surface area (Å²) >= 11 is 0. The molecule has 25 heavy (non-hydrogen) atoms. The summed E-state index contributed by atoms with van der Waals surface area (Å²) in [5.74, 6) is 1.01. The maximum absolute atomic E-state index is 13.1. The average Bonchev–Trinajstić information content (AvgIpc) is 2.65. The third-order valence-corrected chi connectivity index (χ3v) is 5.65. The molecule has 0 spiro atoms. The molecule has 0 bridgehead atoms. The summed E-state index contributed by atoms with van der Waals surface area (Å²) in [6.45, 7) is 1.65. The molecule has 1 aliphatic heterocycles. The molecular formula is C17H20N2O5S. The van der Waals surface area contributed by atoms with Crippen molar-refractivity contribution in [2.45, 2.75) is 11.4 Å². The Labute approximate surface area is 147 Å². The number of pyridine rings is 1. The zero-order chi connectivity index (χ0) is 17.7. The highest BCUT2D eigenvalue weighted by atomic mass is 32.2. The van der Waals surface area contributed by atoms with Crippen LogP contribution in [-0.4, -0.2) is 51.2 Å². The van der Waals surface area contributed by atoms with Gasteiger partial charge in [-0.2, -0.15) is 4.31 Å². The number of methoxy groups -OCH3 is 1. The molecule has 0 aliphatic carbocycles. The van der Waals surface area contributed by atoms with Gasteiger partial charge in [0, 0.05) is 38.7 Å². The number of hydrogen-bond donors (Lipinski definition) is 0. The van der Waals surface area contributed by atoms with Crippen LogP contribution in [0.1, 0.15) is 5.56 Å². The molecule has 2 heterocycles. The van der Waals surface area contributed by atoms with E-state index >= 15 is 0 Å². The highest BCUT2D eigenvalue weighted by molar-refractivity contribution is 7.89. The summed E-state index contributed by atoms with van der Waals surface area (Å²) in [6, 6.07) is 8.26. The lowest BCUT2D eigenvalue weighted by Crippen LogP contribution is -2.33. The van der Waals surface area contributed by atoms with E-state index in [1.807, 2.05) is 0 Å². The van der Waals surface area contributed by atoms with Crippen LogP contribution in [0, 0.1) is 0 Å². The molecule has 1 aromatic heterocycles. The van der Waals surface area contributed by atoms with E-state index in [0.717, 1.165) is 5.56 Å². The van der Waals surface area contributed by atoms with Crippen molar-refractivity contribution in [1.82, 2.24) is 9.29 Å². The Hall–Kier alpha value is -2.16. The van der Waals surface area contributed by atoms with Crippen LogP contribution in [0.3, 0.4) is 0 Å². The smallest absolute Gasteiger partial charge is 0.243 e. The van der Waals surface area contributed by atoms with Gasteiger partial charge in [-0.15, -0.1) is 0 Å². The van der Waals surface area contributed by atoms with Crippen LogP contribution in [0.25, 0.3) is 0 Å². The number of fused-ring (bicyclic) bond motifs is 1. The fourth-order valence-corrected chi connectivity index (χ4v) is 3.93. The Morgan fingerprint density at radius 1 is 1.12 bits per heavy atom. The second-order valence-corrected chi connectivity index (χ2v) is 7.43. The molecule has 1 aliphatic rings. The Morgan fingerprint density at radius 3 is 2.56 bits per heavy atom. The van der Waals surface area contributed by atoms with E-state index < -0.39 is 10.0 Å². The minimum absolute atomic E-state index is 0.168. The SMILES string of the molecule is COCCN(Cc1ccncc1)S(=O)(=O)c1ccc2c(c1)OCCO2. The van der Waals surface area contributed by atoms with E-state index in [1.54, 1.807) is 37.7 Å². The molecule has 0 N–H and O–H groups in total. The lowest BCUT2D eigenvalue weighted by Gasteiger charge is -2.23. The minimum atomic E-state index is -3.71. The van der Waals surface area contributed by atoms with Crippen LogP contribution in [0.2, 0.25) is 0 Å². The van der Waals surface area contributed by atoms with E-state index in [4.69, 9.17) is 14.2 Å². The van der Waals surface area contributed by atoms with Gasteiger partial charge < -0.3 is 14.2 Å². The van der Waals surface area contributed by atoms with E-state index in [1.165, 1.54) is 16.4 Å². The van der Waals surface area contributed by atoms with Gasteiger partial charge in [-0.25, -0.2) is 8.42 Å². The van der Waals surface area contributed by atoms with Gasteiger partial charge in [-0.05, 0) is 29.8 Å². The molecule has 134 valence electrons. The van der Waals surface area contributed by atoms with Crippen LogP contribution < -0.4 is 9.47 Å². The third kappa shape index (κ3) is 4.09. The van der Waals surface area contributed by atoms with Crippen molar-refractivity contribution in [2.24, 2.45) is 0 Å². The monoisotopic (exact) mass is 364 g/mol. The van der Waals surface area contributed by atoms with Crippen molar-refractivity contribution >= 4 is 10.0 Å². The number of rotatable bonds is 7. The van der Waals surface area contributed by atoms with Crippen LogP contribution in [-0.2, 0) is 21.3 Å². The van der Waals surface area contributed by atoms with Gasteiger partial charge in [0.1, 0.15) is 13.2 Å². The van der Waals surface area contributed by atoms with Crippen molar-refractivity contribution in [1.29, 1.82) is 0 Å². The predicted octanol–water partition coefficient (Wildman–Crippen LogP) is 1.69. The number of sulfonamides is 1. The summed E-state index contributed by atoms with van der Waals surface area (Å²) in [4.78, 5) is 4.13. The standard InChI is InChI=1S/C17H20N2O5S/c1-22-9-8-19(13-14-4-6-18-7-5-14)25(20,21)15-2-3-16-17(12-15)24-11-10-23-16/h2-7,12H,8-11,13H2,1H3. The molecule has 0 unspecified atom stereocenters. The van der Waals surface area contributed by atoms with Gasteiger partial charge in [0.05, 0.1) is 11.5 Å². The van der Waals surface area contributed by atoms with E-state index in [2.05, 4.69) is 4.98 Å². The van der Waals surface area contributed by atoms with Gasteiger partial charge in [0.2, 0.25) is 10.0 Å².